The lowest BCUT2D eigenvalue weighted by molar-refractivity contribution is -0.142. The number of hydrogen-bond donors (Lipinski definition) is 1. The Morgan fingerprint density at radius 2 is 2.27 bits per heavy atom. The monoisotopic (exact) mass is 210 g/mol. The lowest BCUT2D eigenvalue weighted by Crippen LogP contribution is -2.12. The van der Waals surface area contributed by atoms with Gasteiger partial charge in [0.1, 0.15) is 6.29 Å². The molecule has 0 bridgehead atoms. The average molecular weight is 210 g/mol. The fourth-order valence-electron chi connectivity index (χ4n) is 0.915. The number of benzene rings is 1. The molecule has 0 saturated heterocycles. The second-order valence-corrected chi connectivity index (χ2v) is 2.71. The Morgan fingerprint density at radius 3 is 2.87 bits per heavy atom. The van der Waals surface area contributed by atoms with Crippen molar-refractivity contribution in [2.45, 2.75) is 0 Å². The molecule has 0 fully saturated rings. The quantitative estimate of drug-likeness (QED) is 0.586. The lowest BCUT2D eigenvalue weighted by atomic mass is 10.2. The van der Waals surface area contributed by atoms with Gasteiger partial charge in [0.25, 0.3) is 0 Å². The number of ether oxygens (including phenoxy) is 2. The maximum absolute atomic E-state index is 10.8. The van der Waals surface area contributed by atoms with Crippen molar-refractivity contribution in [2.24, 2.45) is 0 Å². The van der Waals surface area contributed by atoms with E-state index in [0.717, 1.165) is 0 Å². The van der Waals surface area contributed by atoms with Crippen LogP contribution in [0.5, 0.6) is 11.5 Å². The third kappa shape index (κ3) is 2.98. The summed E-state index contributed by atoms with van der Waals surface area (Å²) in [5, 5.41) is 9.32. The van der Waals surface area contributed by atoms with Crippen molar-refractivity contribution in [3.63, 3.8) is 0 Å². The van der Waals surface area contributed by atoms with Crippen molar-refractivity contribution >= 4 is 12.3 Å². The van der Waals surface area contributed by atoms with Crippen LogP contribution in [0.1, 0.15) is 10.4 Å². The average Bonchev–Trinajstić information content (AvgIpc) is 2.27. The van der Waals surface area contributed by atoms with Gasteiger partial charge in [-0.05, 0) is 18.2 Å². The summed E-state index contributed by atoms with van der Waals surface area (Å²) in [6, 6.07) is 4.09. The molecule has 0 amide bonds. The van der Waals surface area contributed by atoms with E-state index in [9.17, 15) is 14.7 Å². The normalized spacial score (nSPS) is 9.40. The van der Waals surface area contributed by atoms with Gasteiger partial charge in [-0.25, -0.2) is 4.79 Å². The van der Waals surface area contributed by atoms with Crippen LogP contribution in [0.4, 0.5) is 0 Å². The summed E-state index contributed by atoms with van der Waals surface area (Å²) in [6.07, 6.45) is 0.616. The van der Waals surface area contributed by atoms with E-state index in [2.05, 4.69) is 4.74 Å². The lowest BCUT2D eigenvalue weighted by Gasteiger charge is -2.06. The Hall–Kier alpha value is -2.04. The van der Waals surface area contributed by atoms with E-state index >= 15 is 0 Å². The van der Waals surface area contributed by atoms with E-state index in [1.165, 1.54) is 25.3 Å². The molecule has 1 rings (SSSR count). The predicted octanol–water partition coefficient (Wildman–Crippen LogP) is 0.756. The first kappa shape index (κ1) is 11.0. The Bertz CT molecular complexity index is 372. The Balaban J connectivity index is 2.75. The highest BCUT2D eigenvalue weighted by Gasteiger charge is 2.06. The zero-order valence-corrected chi connectivity index (χ0v) is 8.10. The van der Waals surface area contributed by atoms with Crippen molar-refractivity contribution in [3.8, 4) is 11.5 Å². The van der Waals surface area contributed by atoms with Crippen LogP contribution in [0.3, 0.4) is 0 Å². The second kappa shape index (κ2) is 4.99. The molecule has 1 N–H and O–H groups in total. The third-order valence-electron chi connectivity index (χ3n) is 1.69. The van der Waals surface area contributed by atoms with Crippen LogP contribution < -0.4 is 4.74 Å². The molecule has 0 saturated carbocycles. The van der Waals surface area contributed by atoms with Gasteiger partial charge in [-0.15, -0.1) is 0 Å². The Kier molecular flexibility index (Phi) is 3.68. The molecule has 0 radical (unpaired) electrons. The number of rotatable bonds is 4. The van der Waals surface area contributed by atoms with Gasteiger partial charge < -0.3 is 14.6 Å². The number of methoxy groups -OCH3 is 1. The molecular weight excluding hydrogens is 200 g/mol. The molecule has 0 aromatic heterocycles. The third-order valence-corrected chi connectivity index (χ3v) is 1.69. The molecule has 0 atom stereocenters. The fraction of sp³-hybridized carbons (Fsp3) is 0.200. The Morgan fingerprint density at radius 1 is 1.53 bits per heavy atom. The molecule has 0 aliphatic rings. The molecule has 1 aromatic carbocycles. The molecule has 15 heavy (non-hydrogen) atoms. The van der Waals surface area contributed by atoms with E-state index in [-0.39, 0.29) is 18.1 Å². The van der Waals surface area contributed by atoms with Crippen LogP contribution in [0, 0.1) is 0 Å². The molecular formula is C10H10O5. The number of carbonyl (C=O) groups excluding carboxylic acids is 2. The predicted molar refractivity (Wildman–Crippen MR) is 51.0 cm³/mol. The molecule has 0 spiro atoms. The van der Waals surface area contributed by atoms with Crippen LogP contribution in [-0.4, -0.2) is 31.1 Å². The summed E-state index contributed by atoms with van der Waals surface area (Å²) in [7, 11) is 1.23. The van der Waals surface area contributed by atoms with Crippen LogP contribution in [-0.2, 0) is 9.53 Å². The molecule has 1 aromatic rings. The number of phenolic OH excluding ortho intramolecular Hbond substituents is 1. The number of aldehydes is 1. The summed E-state index contributed by atoms with van der Waals surface area (Å²) in [5.74, 6) is -0.625. The zero-order valence-electron chi connectivity index (χ0n) is 8.10. The van der Waals surface area contributed by atoms with Gasteiger partial charge in [0.15, 0.2) is 18.1 Å². The van der Waals surface area contributed by atoms with Crippen LogP contribution in [0.15, 0.2) is 18.2 Å². The van der Waals surface area contributed by atoms with Crippen molar-refractivity contribution < 1.29 is 24.2 Å². The van der Waals surface area contributed by atoms with Gasteiger partial charge in [0.2, 0.25) is 0 Å². The molecule has 5 heteroatoms. The molecule has 5 nitrogen and oxygen atoms in total. The number of aromatic hydroxyl groups is 1. The van der Waals surface area contributed by atoms with Crippen LogP contribution in [0.2, 0.25) is 0 Å². The summed E-state index contributed by atoms with van der Waals surface area (Å²) in [5.41, 5.74) is 0.354. The van der Waals surface area contributed by atoms with Gasteiger partial charge >= 0.3 is 5.97 Å². The zero-order chi connectivity index (χ0) is 11.3. The molecule has 0 heterocycles. The van der Waals surface area contributed by atoms with E-state index in [4.69, 9.17) is 4.74 Å². The van der Waals surface area contributed by atoms with Gasteiger partial charge in [0.05, 0.1) is 7.11 Å². The number of carbonyl (C=O) groups is 2. The maximum Gasteiger partial charge on any atom is 0.343 e. The van der Waals surface area contributed by atoms with Gasteiger partial charge in [-0.1, -0.05) is 0 Å². The summed E-state index contributed by atoms with van der Waals surface area (Å²) >= 11 is 0. The van der Waals surface area contributed by atoms with E-state index in [1.807, 2.05) is 0 Å². The highest BCUT2D eigenvalue weighted by molar-refractivity contribution is 5.76. The largest absolute Gasteiger partial charge is 0.504 e. The summed E-state index contributed by atoms with van der Waals surface area (Å²) in [6.45, 7) is -0.313. The molecule has 0 aliphatic carbocycles. The standard InChI is InChI=1S/C10H10O5/c1-14-10(13)6-15-9-4-7(5-11)2-3-8(9)12/h2-5,12H,6H2,1H3. The van der Waals surface area contributed by atoms with Gasteiger partial charge in [0, 0.05) is 5.56 Å². The van der Waals surface area contributed by atoms with Crippen molar-refractivity contribution in [2.75, 3.05) is 13.7 Å². The van der Waals surface area contributed by atoms with Crippen LogP contribution in [0.25, 0.3) is 0 Å². The minimum Gasteiger partial charge on any atom is -0.504 e. The fourth-order valence-corrected chi connectivity index (χ4v) is 0.915. The number of phenols is 1. The first-order valence-corrected chi connectivity index (χ1v) is 4.15. The molecule has 0 unspecified atom stereocenters. The molecule has 0 aliphatic heterocycles. The maximum atomic E-state index is 10.8. The summed E-state index contributed by atoms with van der Waals surface area (Å²) < 4.78 is 9.30. The Labute approximate surface area is 86.2 Å². The van der Waals surface area contributed by atoms with Crippen molar-refractivity contribution in [3.05, 3.63) is 23.8 Å². The van der Waals surface area contributed by atoms with Crippen molar-refractivity contribution in [1.29, 1.82) is 0 Å². The smallest absolute Gasteiger partial charge is 0.343 e. The van der Waals surface area contributed by atoms with E-state index in [0.29, 0.717) is 11.8 Å². The highest BCUT2D eigenvalue weighted by atomic mass is 16.6. The van der Waals surface area contributed by atoms with Gasteiger partial charge in [-0.3, -0.25) is 4.79 Å². The number of hydrogen-bond acceptors (Lipinski definition) is 5. The minimum absolute atomic E-state index is 0.0741. The highest BCUT2D eigenvalue weighted by Crippen LogP contribution is 2.26. The summed E-state index contributed by atoms with van der Waals surface area (Å²) in [4.78, 5) is 21.2. The minimum atomic E-state index is -0.564. The second-order valence-electron chi connectivity index (χ2n) is 2.71. The van der Waals surface area contributed by atoms with E-state index < -0.39 is 5.97 Å². The first-order valence-electron chi connectivity index (χ1n) is 4.15. The first-order chi connectivity index (χ1) is 7.17. The van der Waals surface area contributed by atoms with Crippen molar-refractivity contribution in [1.82, 2.24) is 0 Å². The van der Waals surface area contributed by atoms with Crippen LogP contribution >= 0.6 is 0 Å². The molecule has 80 valence electrons. The topological polar surface area (TPSA) is 72.8 Å². The van der Waals surface area contributed by atoms with E-state index in [1.54, 1.807) is 0 Å². The number of esters is 1. The SMILES string of the molecule is COC(=O)COc1cc(C=O)ccc1O. The van der Waals surface area contributed by atoms with Gasteiger partial charge in [-0.2, -0.15) is 0 Å².